The van der Waals surface area contributed by atoms with Gasteiger partial charge in [0.05, 0.1) is 32.0 Å². The fourth-order valence-corrected chi connectivity index (χ4v) is 4.61. The monoisotopic (exact) mass is 282 g/mol. The van der Waals surface area contributed by atoms with E-state index in [-0.39, 0.29) is 5.79 Å². The Kier molecular flexibility index (Phi) is 3.53. The summed E-state index contributed by atoms with van der Waals surface area (Å²) < 4.78 is 23.8. The van der Waals surface area contributed by atoms with Crippen LogP contribution in [0.2, 0.25) is 0 Å². The smallest absolute Gasteiger partial charge is 0.174 e. The molecule has 0 radical (unpaired) electrons. The molecule has 0 unspecified atom stereocenters. The van der Waals surface area contributed by atoms with E-state index in [1.807, 2.05) is 0 Å². The first-order chi connectivity index (χ1) is 9.82. The Balaban J connectivity index is 1.45. The van der Waals surface area contributed by atoms with E-state index in [9.17, 15) is 0 Å². The lowest BCUT2D eigenvalue weighted by Gasteiger charge is -2.32. The highest BCUT2D eigenvalue weighted by Crippen LogP contribution is 2.58. The van der Waals surface area contributed by atoms with Crippen LogP contribution in [0.5, 0.6) is 0 Å². The van der Waals surface area contributed by atoms with Crippen LogP contribution in [0.25, 0.3) is 0 Å². The molecule has 0 aromatic heterocycles. The lowest BCUT2D eigenvalue weighted by atomic mass is 9.78. The number of hydrogen-bond acceptors (Lipinski definition) is 4. The predicted octanol–water partition coefficient (Wildman–Crippen LogP) is 2.36. The summed E-state index contributed by atoms with van der Waals surface area (Å²) in [6.07, 6.45) is 6.82. The molecule has 4 rings (SSSR count). The van der Waals surface area contributed by atoms with Crippen LogP contribution in [0, 0.1) is 17.8 Å². The van der Waals surface area contributed by atoms with Gasteiger partial charge in [-0.25, -0.2) is 0 Å². The molecular formula is C16H26O4. The number of unbranched alkanes of at least 4 members (excludes halogenated alkanes) is 1. The van der Waals surface area contributed by atoms with Crippen LogP contribution in [0.1, 0.15) is 39.0 Å². The second kappa shape index (κ2) is 5.24. The standard InChI is InChI=1S/C16H26O4/c1-2-3-4-17-10-13-12-8-15-14(20-15)7-11(12)9-16(13)18-5-6-19-16/h11-15H,2-10H2,1H3/t11-,12-,13+,14+,15-/m1/s1. The van der Waals surface area contributed by atoms with E-state index >= 15 is 0 Å². The quantitative estimate of drug-likeness (QED) is 0.573. The summed E-state index contributed by atoms with van der Waals surface area (Å²) >= 11 is 0. The highest BCUT2D eigenvalue weighted by molar-refractivity contribution is 5.07. The van der Waals surface area contributed by atoms with E-state index < -0.39 is 0 Å². The van der Waals surface area contributed by atoms with E-state index in [4.69, 9.17) is 18.9 Å². The molecule has 0 bridgehead atoms. The van der Waals surface area contributed by atoms with Gasteiger partial charge in [0.25, 0.3) is 0 Å². The Morgan fingerprint density at radius 3 is 2.75 bits per heavy atom. The van der Waals surface area contributed by atoms with Gasteiger partial charge < -0.3 is 18.9 Å². The molecule has 20 heavy (non-hydrogen) atoms. The third-order valence-electron chi connectivity index (χ3n) is 5.68. The van der Waals surface area contributed by atoms with Gasteiger partial charge in [0, 0.05) is 18.9 Å². The Hall–Kier alpha value is -0.160. The van der Waals surface area contributed by atoms with Crippen LogP contribution in [-0.4, -0.2) is 44.4 Å². The first-order valence-corrected chi connectivity index (χ1v) is 8.33. The number of ether oxygens (including phenoxy) is 4. The molecule has 4 fully saturated rings. The van der Waals surface area contributed by atoms with Crippen molar-refractivity contribution < 1.29 is 18.9 Å². The molecule has 2 saturated heterocycles. The van der Waals surface area contributed by atoms with E-state index in [1.54, 1.807) is 0 Å². The van der Waals surface area contributed by atoms with Crippen molar-refractivity contribution in [3.8, 4) is 0 Å². The maximum Gasteiger partial charge on any atom is 0.174 e. The molecule has 2 saturated carbocycles. The first-order valence-electron chi connectivity index (χ1n) is 8.33. The van der Waals surface area contributed by atoms with Gasteiger partial charge in [-0.05, 0) is 31.1 Å². The fourth-order valence-electron chi connectivity index (χ4n) is 4.61. The van der Waals surface area contributed by atoms with Gasteiger partial charge >= 0.3 is 0 Å². The van der Waals surface area contributed by atoms with Crippen LogP contribution in [0.4, 0.5) is 0 Å². The Labute approximate surface area is 121 Å². The minimum Gasteiger partial charge on any atom is -0.381 e. The maximum absolute atomic E-state index is 6.07. The summed E-state index contributed by atoms with van der Waals surface area (Å²) in [7, 11) is 0. The summed E-state index contributed by atoms with van der Waals surface area (Å²) in [6, 6.07) is 0. The zero-order valence-corrected chi connectivity index (χ0v) is 12.4. The molecule has 4 aliphatic rings. The van der Waals surface area contributed by atoms with Crippen molar-refractivity contribution in [1.29, 1.82) is 0 Å². The van der Waals surface area contributed by atoms with Crippen molar-refractivity contribution in [3.63, 3.8) is 0 Å². The highest BCUT2D eigenvalue weighted by atomic mass is 16.7. The van der Waals surface area contributed by atoms with Gasteiger partial charge in [0.1, 0.15) is 0 Å². The van der Waals surface area contributed by atoms with Crippen molar-refractivity contribution >= 4 is 0 Å². The summed E-state index contributed by atoms with van der Waals surface area (Å²) in [5.41, 5.74) is 0. The Morgan fingerprint density at radius 1 is 1.15 bits per heavy atom. The van der Waals surface area contributed by atoms with Crippen LogP contribution < -0.4 is 0 Å². The van der Waals surface area contributed by atoms with Crippen LogP contribution >= 0.6 is 0 Å². The molecule has 0 aromatic rings. The number of epoxide rings is 1. The molecule has 0 aromatic carbocycles. The van der Waals surface area contributed by atoms with Gasteiger partial charge in [-0.2, -0.15) is 0 Å². The van der Waals surface area contributed by atoms with Gasteiger partial charge in [0.15, 0.2) is 5.79 Å². The number of fused-ring (bicyclic) bond motifs is 2. The maximum atomic E-state index is 6.07. The summed E-state index contributed by atoms with van der Waals surface area (Å²) in [6.45, 7) is 5.34. The molecule has 2 aliphatic carbocycles. The third-order valence-corrected chi connectivity index (χ3v) is 5.68. The summed E-state index contributed by atoms with van der Waals surface area (Å²) in [5, 5.41) is 0. The third kappa shape index (κ3) is 2.21. The predicted molar refractivity (Wildman–Crippen MR) is 73.3 cm³/mol. The molecule has 1 spiro atoms. The van der Waals surface area contributed by atoms with E-state index in [0.717, 1.165) is 39.3 Å². The lowest BCUT2D eigenvalue weighted by molar-refractivity contribution is -0.198. The zero-order valence-electron chi connectivity index (χ0n) is 12.4. The minimum atomic E-state index is -0.335. The molecule has 2 heterocycles. The fraction of sp³-hybridized carbons (Fsp3) is 1.00. The minimum absolute atomic E-state index is 0.335. The second-order valence-electron chi connectivity index (χ2n) is 6.86. The van der Waals surface area contributed by atoms with Crippen molar-refractivity contribution in [2.24, 2.45) is 17.8 Å². The molecular weight excluding hydrogens is 256 g/mol. The normalized spacial score (nSPS) is 44.5. The molecule has 0 amide bonds. The molecule has 2 aliphatic heterocycles. The SMILES string of the molecule is CCCCOC[C@H]1[C@@H]2C[C@H]3O[C@H]3C[C@@H]2CC12OCCO2. The van der Waals surface area contributed by atoms with Crippen molar-refractivity contribution in [3.05, 3.63) is 0 Å². The number of rotatable bonds is 5. The molecule has 114 valence electrons. The second-order valence-corrected chi connectivity index (χ2v) is 6.86. The largest absolute Gasteiger partial charge is 0.381 e. The van der Waals surface area contributed by atoms with Crippen LogP contribution in [0.15, 0.2) is 0 Å². The zero-order chi connectivity index (χ0) is 13.6. The van der Waals surface area contributed by atoms with Gasteiger partial charge in [-0.15, -0.1) is 0 Å². The average Bonchev–Trinajstić information content (AvgIpc) is 2.93. The van der Waals surface area contributed by atoms with Crippen LogP contribution in [-0.2, 0) is 18.9 Å². The molecule has 0 N–H and O–H groups in total. The molecule has 4 nitrogen and oxygen atoms in total. The van der Waals surface area contributed by atoms with Gasteiger partial charge in [-0.3, -0.25) is 0 Å². The first kappa shape index (κ1) is 13.5. The van der Waals surface area contributed by atoms with Gasteiger partial charge in [-0.1, -0.05) is 13.3 Å². The summed E-state index contributed by atoms with van der Waals surface area (Å²) in [4.78, 5) is 0. The molecule has 4 heteroatoms. The highest BCUT2D eigenvalue weighted by Gasteiger charge is 2.62. The van der Waals surface area contributed by atoms with Crippen molar-refractivity contribution in [2.75, 3.05) is 26.4 Å². The lowest BCUT2D eigenvalue weighted by Crippen LogP contribution is -2.40. The van der Waals surface area contributed by atoms with E-state index in [1.165, 1.54) is 19.3 Å². The van der Waals surface area contributed by atoms with Gasteiger partial charge in [0.2, 0.25) is 0 Å². The van der Waals surface area contributed by atoms with Crippen LogP contribution in [0.3, 0.4) is 0 Å². The summed E-state index contributed by atoms with van der Waals surface area (Å²) in [5.74, 6) is 1.44. The Morgan fingerprint density at radius 2 is 1.95 bits per heavy atom. The van der Waals surface area contributed by atoms with E-state index in [2.05, 4.69) is 6.92 Å². The Bertz CT molecular complexity index is 352. The van der Waals surface area contributed by atoms with Crippen molar-refractivity contribution in [1.82, 2.24) is 0 Å². The van der Waals surface area contributed by atoms with Crippen molar-refractivity contribution in [2.45, 2.75) is 57.0 Å². The molecule has 5 atom stereocenters. The average molecular weight is 282 g/mol. The topological polar surface area (TPSA) is 40.2 Å². The van der Waals surface area contributed by atoms with E-state index in [0.29, 0.717) is 30.0 Å². The number of hydrogen-bond donors (Lipinski definition) is 0.